The molecular weight excluding hydrogens is 278 g/mol. The Morgan fingerprint density at radius 1 is 1.05 bits per heavy atom. The average Bonchev–Trinajstić information content (AvgIpc) is 2.42. The molecule has 1 aromatic rings. The van der Waals surface area contributed by atoms with E-state index in [1.54, 1.807) is 0 Å². The highest BCUT2D eigenvalue weighted by Gasteiger charge is 2.10. The van der Waals surface area contributed by atoms with Gasteiger partial charge in [-0.3, -0.25) is 19.2 Å². The summed E-state index contributed by atoms with van der Waals surface area (Å²) in [4.78, 5) is 44.3. The number of carbonyl (C=O) groups excluding carboxylic acids is 4. The number of esters is 2. The zero-order valence-electron chi connectivity index (χ0n) is 11.7. The Labute approximate surface area is 121 Å². The van der Waals surface area contributed by atoms with Gasteiger partial charge >= 0.3 is 11.9 Å². The Hall–Kier alpha value is -2.70. The number of ketones is 1. The van der Waals surface area contributed by atoms with Crippen molar-refractivity contribution in [3.8, 4) is 5.75 Å². The third-order valence-corrected chi connectivity index (χ3v) is 2.28. The van der Waals surface area contributed by atoms with Crippen LogP contribution >= 0.6 is 0 Å². The molecule has 7 heteroatoms. The Kier molecular flexibility index (Phi) is 6.06. The first-order valence-electron chi connectivity index (χ1n) is 6.10. The number of Topliss-reactive ketones (excluding diaryl/α,β-unsaturated/α-hetero) is 1. The van der Waals surface area contributed by atoms with Gasteiger partial charge in [0.25, 0.3) is 0 Å². The van der Waals surface area contributed by atoms with Crippen molar-refractivity contribution in [2.75, 3.05) is 13.2 Å². The van der Waals surface area contributed by atoms with Gasteiger partial charge in [-0.1, -0.05) is 0 Å². The molecule has 0 unspecified atom stereocenters. The van der Waals surface area contributed by atoms with Crippen LogP contribution in [0, 0.1) is 0 Å². The summed E-state index contributed by atoms with van der Waals surface area (Å²) in [5.74, 6) is -1.60. The molecule has 1 rings (SSSR count). The van der Waals surface area contributed by atoms with E-state index in [2.05, 4.69) is 5.32 Å². The second kappa shape index (κ2) is 7.78. The summed E-state index contributed by atoms with van der Waals surface area (Å²) >= 11 is 0. The van der Waals surface area contributed by atoms with E-state index in [1.165, 1.54) is 38.1 Å². The molecule has 0 fully saturated rings. The summed E-state index contributed by atoms with van der Waals surface area (Å²) in [7, 11) is 0. The van der Waals surface area contributed by atoms with Crippen LogP contribution in [0.5, 0.6) is 5.75 Å². The van der Waals surface area contributed by atoms with E-state index in [-0.39, 0.29) is 12.5 Å². The Morgan fingerprint density at radius 3 is 2.19 bits per heavy atom. The van der Waals surface area contributed by atoms with Gasteiger partial charge in [-0.15, -0.1) is 0 Å². The fourth-order valence-electron chi connectivity index (χ4n) is 1.35. The summed E-state index contributed by atoms with van der Waals surface area (Å²) in [6.45, 7) is 1.83. The molecule has 21 heavy (non-hydrogen) atoms. The fourth-order valence-corrected chi connectivity index (χ4v) is 1.35. The lowest BCUT2D eigenvalue weighted by Gasteiger charge is -2.05. The Balaban J connectivity index is 2.46. The number of ether oxygens (including phenoxy) is 2. The van der Waals surface area contributed by atoms with Gasteiger partial charge in [0, 0.05) is 19.4 Å². The van der Waals surface area contributed by atoms with Gasteiger partial charge in [0.15, 0.2) is 12.4 Å². The summed E-state index contributed by atoms with van der Waals surface area (Å²) in [5, 5.41) is 2.26. The summed E-state index contributed by atoms with van der Waals surface area (Å²) in [6.07, 6.45) is 0. The maximum Gasteiger partial charge on any atom is 0.325 e. The number of rotatable bonds is 6. The third kappa shape index (κ3) is 6.33. The molecule has 1 aromatic carbocycles. The molecule has 0 heterocycles. The van der Waals surface area contributed by atoms with Crippen LogP contribution in [0.25, 0.3) is 0 Å². The van der Waals surface area contributed by atoms with E-state index in [0.717, 1.165) is 0 Å². The van der Waals surface area contributed by atoms with Crippen LogP contribution in [0.4, 0.5) is 0 Å². The minimum Gasteiger partial charge on any atom is -0.456 e. The number of benzene rings is 1. The van der Waals surface area contributed by atoms with Gasteiger partial charge in [0.1, 0.15) is 12.3 Å². The molecule has 0 saturated carbocycles. The molecule has 0 bridgehead atoms. The van der Waals surface area contributed by atoms with Crippen LogP contribution in [0.3, 0.4) is 0 Å². The van der Waals surface area contributed by atoms with Gasteiger partial charge in [0.05, 0.1) is 0 Å². The molecule has 0 atom stereocenters. The third-order valence-electron chi connectivity index (χ3n) is 2.28. The fraction of sp³-hybridized carbons (Fsp3) is 0.286. The van der Waals surface area contributed by atoms with Crippen molar-refractivity contribution in [1.29, 1.82) is 0 Å². The van der Waals surface area contributed by atoms with Crippen molar-refractivity contribution >= 4 is 23.6 Å². The molecule has 0 radical (unpaired) electrons. The summed E-state index contributed by atoms with van der Waals surface area (Å²) in [5.41, 5.74) is 0.318. The molecule has 0 aliphatic carbocycles. The standard InChI is InChI=1S/C14H15NO6/c1-9(16)15-7-14(19)20-8-13(18)11-3-5-12(6-4-11)21-10(2)17/h3-6H,7-8H2,1-2H3,(H,15,16). The van der Waals surface area contributed by atoms with Crippen LogP contribution in [-0.4, -0.2) is 36.8 Å². The van der Waals surface area contributed by atoms with Gasteiger partial charge in [0.2, 0.25) is 5.91 Å². The second-order valence-electron chi connectivity index (χ2n) is 4.11. The molecule has 0 aromatic heterocycles. The highest BCUT2D eigenvalue weighted by Crippen LogP contribution is 2.12. The van der Waals surface area contributed by atoms with E-state index >= 15 is 0 Å². The quantitative estimate of drug-likeness (QED) is 0.465. The highest BCUT2D eigenvalue weighted by molar-refractivity contribution is 5.98. The van der Waals surface area contributed by atoms with E-state index in [4.69, 9.17) is 9.47 Å². The molecule has 112 valence electrons. The number of hydrogen-bond acceptors (Lipinski definition) is 6. The van der Waals surface area contributed by atoms with Crippen LogP contribution in [0.2, 0.25) is 0 Å². The average molecular weight is 293 g/mol. The van der Waals surface area contributed by atoms with Crippen molar-refractivity contribution in [1.82, 2.24) is 5.32 Å². The zero-order chi connectivity index (χ0) is 15.8. The van der Waals surface area contributed by atoms with Gasteiger partial charge in [-0.25, -0.2) is 0 Å². The number of nitrogens with one attached hydrogen (secondary N) is 1. The van der Waals surface area contributed by atoms with Gasteiger partial charge in [-0.05, 0) is 24.3 Å². The van der Waals surface area contributed by atoms with Gasteiger partial charge < -0.3 is 14.8 Å². The first-order valence-corrected chi connectivity index (χ1v) is 6.10. The van der Waals surface area contributed by atoms with Crippen LogP contribution in [-0.2, 0) is 19.1 Å². The van der Waals surface area contributed by atoms with E-state index in [9.17, 15) is 19.2 Å². The summed E-state index contributed by atoms with van der Waals surface area (Å²) < 4.78 is 9.54. The molecule has 0 saturated heterocycles. The second-order valence-corrected chi connectivity index (χ2v) is 4.11. The Bertz CT molecular complexity index is 549. The van der Waals surface area contributed by atoms with Gasteiger partial charge in [-0.2, -0.15) is 0 Å². The Morgan fingerprint density at radius 2 is 1.67 bits per heavy atom. The summed E-state index contributed by atoms with van der Waals surface area (Å²) in [6, 6.07) is 5.85. The van der Waals surface area contributed by atoms with E-state index in [0.29, 0.717) is 11.3 Å². The number of hydrogen-bond donors (Lipinski definition) is 1. The van der Waals surface area contributed by atoms with Crippen LogP contribution in [0.15, 0.2) is 24.3 Å². The number of amides is 1. The van der Waals surface area contributed by atoms with Crippen molar-refractivity contribution in [3.63, 3.8) is 0 Å². The lowest BCUT2D eigenvalue weighted by atomic mass is 10.1. The number of carbonyl (C=O) groups is 4. The van der Waals surface area contributed by atoms with Crippen molar-refractivity contribution in [3.05, 3.63) is 29.8 Å². The minimum absolute atomic E-state index is 0.284. The van der Waals surface area contributed by atoms with E-state index < -0.39 is 24.3 Å². The molecular formula is C14H15NO6. The van der Waals surface area contributed by atoms with Crippen molar-refractivity contribution in [2.24, 2.45) is 0 Å². The zero-order valence-corrected chi connectivity index (χ0v) is 11.7. The maximum absolute atomic E-state index is 11.7. The molecule has 1 N–H and O–H groups in total. The predicted octanol–water partition coefficient (Wildman–Crippen LogP) is 0.474. The maximum atomic E-state index is 11.7. The van der Waals surface area contributed by atoms with Crippen molar-refractivity contribution < 1.29 is 28.7 Å². The first kappa shape index (κ1) is 16.4. The van der Waals surface area contributed by atoms with Crippen molar-refractivity contribution in [2.45, 2.75) is 13.8 Å². The molecule has 7 nitrogen and oxygen atoms in total. The van der Waals surface area contributed by atoms with Crippen LogP contribution in [0.1, 0.15) is 24.2 Å². The predicted molar refractivity (Wildman–Crippen MR) is 71.7 cm³/mol. The lowest BCUT2D eigenvalue weighted by molar-refractivity contribution is -0.142. The normalized spacial score (nSPS) is 9.62. The SMILES string of the molecule is CC(=O)NCC(=O)OCC(=O)c1ccc(OC(C)=O)cc1. The van der Waals surface area contributed by atoms with E-state index in [1.807, 2.05) is 0 Å². The highest BCUT2D eigenvalue weighted by atomic mass is 16.5. The largest absolute Gasteiger partial charge is 0.456 e. The first-order chi connectivity index (χ1) is 9.88. The topological polar surface area (TPSA) is 98.8 Å². The minimum atomic E-state index is -0.699. The lowest BCUT2D eigenvalue weighted by Crippen LogP contribution is -2.29. The smallest absolute Gasteiger partial charge is 0.325 e. The monoisotopic (exact) mass is 293 g/mol. The molecule has 0 aliphatic rings. The molecule has 0 aliphatic heterocycles. The molecule has 1 amide bonds. The molecule has 0 spiro atoms. The van der Waals surface area contributed by atoms with Crippen LogP contribution < -0.4 is 10.1 Å².